The third-order valence-corrected chi connectivity index (χ3v) is 5.11. The van der Waals surface area contributed by atoms with Gasteiger partial charge in [-0.15, -0.1) is 0 Å². The van der Waals surface area contributed by atoms with Crippen molar-refractivity contribution in [1.29, 1.82) is 0 Å². The molecule has 20 heavy (non-hydrogen) atoms. The van der Waals surface area contributed by atoms with E-state index in [4.69, 9.17) is 10.2 Å². The first-order valence-electron chi connectivity index (χ1n) is 7.76. The molecule has 3 rings (SSSR count). The summed E-state index contributed by atoms with van der Waals surface area (Å²) in [5.74, 6) is 2.02. The van der Waals surface area contributed by atoms with Crippen LogP contribution in [0.25, 0.3) is 0 Å². The molecule has 1 aliphatic carbocycles. The molecular formula is C16H27N3O. The first kappa shape index (κ1) is 14.1. The lowest BCUT2D eigenvalue weighted by molar-refractivity contribution is 0.112. The molecule has 1 saturated heterocycles. The Morgan fingerprint density at radius 2 is 2.20 bits per heavy atom. The van der Waals surface area contributed by atoms with Gasteiger partial charge in [0.25, 0.3) is 0 Å². The Kier molecular flexibility index (Phi) is 3.65. The summed E-state index contributed by atoms with van der Waals surface area (Å²) in [4.78, 5) is 5.07. The summed E-state index contributed by atoms with van der Waals surface area (Å²) in [6.07, 6.45) is 3.90. The average molecular weight is 277 g/mol. The fourth-order valence-corrected chi connectivity index (χ4v) is 3.67. The van der Waals surface area contributed by atoms with Crippen LogP contribution in [0.2, 0.25) is 0 Å². The van der Waals surface area contributed by atoms with Gasteiger partial charge in [-0.05, 0) is 52.3 Å². The van der Waals surface area contributed by atoms with Gasteiger partial charge in [0.05, 0.1) is 6.54 Å². The van der Waals surface area contributed by atoms with E-state index in [-0.39, 0.29) is 5.54 Å². The van der Waals surface area contributed by atoms with Crippen LogP contribution in [-0.4, -0.2) is 47.6 Å². The Morgan fingerprint density at radius 3 is 2.75 bits per heavy atom. The van der Waals surface area contributed by atoms with E-state index in [1.807, 2.05) is 13.0 Å². The minimum absolute atomic E-state index is 0.0999. The van der Waals surface area contributed by atoms with E-state index < -0.39 is 0 Å². The first-order valence-corrected chi connectivity index (χ1v) is 7.76. The molecule has 2 aliphatic rings. The summed E-state index contributed by atoms with van der Waals surface area (Å²) in [6, 6.07) is 5.57. The van der Waals surface area contributed by atoms with Gasteiger partial charge < -0.3 is 10.2 Å². The highest BCUT2D eigenvalue weighted by molar-refractivity contribution is 5.10. The Bertz CT molecular complexity index is 468. The van der Waals surface area contributed by atoms with Crippen LogP contribution >= 0.6 is 0 Å². The Hall–Kier alpha value is -0.840. The number of likely N-dealkylation sites (tertiary alicyclic amines) is 1. The van der Waals surface area contributed by atoms with Gasteiger partial charge in [-0.1, -0.05) is 0 Å². The molecule has 1 aromatic heterocycles. The molecule has 0 aromatic carbocycles. The molecule has 1 aliphatic heterocycles. The highest BCUT2D eigenvalue weighted by Crippen LogP contribution is 2.39. The molecule has 0 spiro atoms. The van der Waals surface area contributed by atoms with Crippen LogP contribution in [0.15, 0.2) is 16.5 Å². The van der Waals surface area contributed by atoms with Crippen LogP contribution < -0.4 is 5.73 Å². The molecule has 0 radical (unpaired) electrons. The molecule has 112 valence electrons. The summed E-state index contributed by atoms with van der Waals surface area (Å²) >= 11 is 0. The molecule has 0 amide bonds. The molecule has 2 fully saturated rings. The maximum atomic E-state index is 6.17. The highest BCUT2D eigenvalue weighted by Gasteiger charge is 2.48. The predicted molar refractivity (Wildman–Crippen MR) is 80.5 cm³/mol. The zero-order valence-corrected chi connectivity index (χ0v) is 12.9. The van der Waals surface area contributed by atoms with Gasteiger partial charge in [-0.2, -0.15) is 0 Å². The fraction of sp³-hybridized carbons (Fsp3) is 0.750. The van der Waals surface area contributed by atoms with Crippen LogP contribution in [0, 0.1) is 6.92 Å². The second kappa shape index (κ2) is 5.17. The summed E-state index contributed by atoms with van der Waals surface area (Å²) < 4.78 is 5.72. The molecule has 2 N–H and O–H groups in total. The number of likely N-dealkylation sites (N-methyl/N-ethyl adjacent to an activating group) is 1. The first-order chi connectivity index (χ1) is 9.54. The lowest BCUT2D eigenvalue weighted by Crippen LogP contribution is -2.53. The van der Waals surface area contributed by atoms with Crippen molar-refractivity contribution < 1.29 is 4.42 Å². The maximum Gasteiger partial charge on any atom is 0.118 e. The number of hydrogen-bond donors (Lipinski definition) is 1. The van der Waals surface area contributed by atoms with Crippen molar-refractivity contribution in [3.8, 4) is 0 Å². The van der Waals surface area contributed by atoms with Crippen molar-refractivity contribution >= 4 is 0 Å². The van der Waals surface area contributed by atoms with Crippen LogP contribution in [0.3, 0.4) is 0 Å². The van der Waals surface area contributed by atoms with Crippen LogP contribution in [0.1, 0.15) is 37.7 Å². The van der Waals surface area contributed by atoms with Crippen molar-refractivity contribution in [2.75, 3.05) is 20.1 Å². The second-order valence-corrected chi connectivity index (χ2v) is 6.75. The summed E-state index contributed by atoms with van der Waals surface area (Å²) in [5, 5.41) is 0. The van der Waals surface area contributed by atoms with Gasteiger partial charge in [0.15, 0.2) is 0 Å². The average Bonchev–Trinajstić information content (AvgIpc) is 3.09. The van der Waals surface area contributed by atoms with Crippen LogP contribution in [-0.2, 0) is 6.54 Å². The van der Waals surface area contributed by atoms with Gasteiger partial charge in [0.1, 0.15) is 11.5 Å². The Balaban J connectivity index is 1.71. The lowest BCUT2D eigenvalue weighted by Gasteiger charge is -2.37. The van der Waals surface area contributed by atoms with Crippen molar-refractivity contribution in [3.05, 3.63) is 23.7 Å². The summed E-state index contributed by atoms with van der Waals surface area (Å²) in [6.45, 7) is 7.01. The number of rotatable bonds is 5. The van der Waals surface area contributed by atoms with E-state index in [9.17, 15) is 0 Å². The Labute approximate surface area is 121 Å². The van der Waals surface area contributed by atoms with Crippen molar-refractivity contribution in [1.82, 2.24) is 9.80 Å². The van der Waals surface area contributed by atoms with Crippen LogP contribution in [0.5, 0.6) is 0 Å². The lowest BCUT2D eigenvalue weighted by atomic mass is 9.94. The summed E-state index contributed by atoms with van der Waals surface area (Å²) in [5.41, 5.74) is 6.27. The molecule has 0 bridgehead atoms. The van der Waals surface area contributed by atoms with Gasteiger partial charge in [-0.3, -0.25) is 9.80 Å². The van der Waals surface area contributed by atoms with E-state index in [2.05, 4.69) is 29.8 Å². The third-order valence-electron chi connectivity index (χ3n) is 5.11. The number of nitrogens with two attached hydrogens (primary N) is 1. The van der Waals surface area contributed by atoms with Gasteiger partial charge in [0.2, 0.25) is 0 Å². The molecule has 2 heterocycles. The van der Waals surface area contributed by atoms with Crippen molar-refractivity contribution in [2.24, 2.45) is 5.73 Å². The number of hydrogen-bond acceptors (Lipinski definition) is 4. The molecule has 2 atom stereocenters. The monoisotopic (exact) mass is 277 g/mol. The quantitative estimate of drug-likeness (QED) is 0.894. The molecule has 2 unspecified atom stereocenters. The maximum absolute atomic E-state index is 6.17. The molecule has 4 nitrogen and oxygen atoms in total. The van der Waals surface area contributed by atoms with E-state index in [1.54, 1.807) is 0 Å². The van der Waals surface area contributed by atoms with Gasteiger partial charge in [-0.25, -0.2) is 0 Å². The van der Waals surface area contributed by atoms with E-state index in [0.29, 0.717) is 6.04 Å². The number of nitrogens with zero attached hydrogens (tertiary/aromatic N) is 2. The molecule has 4 heteroatoms. The zero-order chi connectivity index (χ0) is 14.3. The normalized spacial score (nSPS) is 31.4. The highest BCUT2D eigenvalue weighted by atomic mass is 16.3. The van der Waals surface area contributed by atoms with Crippen molar-refractivity contribution in [3.63, 3.8) is 0 Å². The van der Waals surface area contributed by atoms with E-state index in [0.717, 1.165) is 43.6 Å². The third kappa shape index (κ3) is 2.52. The zero-order valence-electron chi connectivity index (χ0n) is 12.9. The Morgan fingerprint density at radius 1 is 1.45 bits per heavy atom. The smallest absolute Gasteiger partial charge is 0.118 e. The van der Waals surface area contributed by atoms with E-state index >= 15 is 0 Å². The fourth-order valence-electron chi connectivity index (χ4n) is 3.67. The molecule has 1 saturated carbocycles. The topological polar surface area (TPSA) is 45.6 Å². The molecule has 1 aromatic rings. The minimum Gasteiger partial charge on any atom is -0.465 e. The van der Waals surface area contributed by atoms with Gasteiger partial charge >= 0.3 is 0 Å². The number of furan rings is 1. The molecular weight excluding hydrogens is 250 g/mol. The van der Waals surface area contributed by atoms with Crippen molar-refractivity contribution in [2.45, 2.75) is 57.3 Å². The van der Waals surface area contributed by atoms with Gasteiger partial charge in [0, 0.05) is 30.7 Å². The summed E-state index contributed by atoms with van der Waals surface area (Å²) in [7, 11) is 2.19. The number of aryl methyl sites for hydroxylation is 1. The van der Waals surface area contributed by atoms with Crippen LogP contribution in [0.4, 0.5) is 0 Å². The predicted octanol–water partition coefficient (Wildman–Crippen LogP) is 1.97. The second-order valence-electron chi connectivity index (χ2n) is 6.75. The van der Waals surface area contributed by atoms with E-state index in [1.165, 1.54) is 12.8 Å². The SMILES string of the molecule is Cc1ccc(CN(C)C2(CN)CC(C)N(C3CC3)C2)o1. The minimum atomic E-state index is 0.0999. The largest absolute Gasteiger partial charge is 0.465 e. The standard InChI is InChI=1S/C16H27N3O/c1-12-8-16(10-17,11-19(12)14-5-6-14)18(3)9-15-7-4-13(2)20-15/h4,7,12,14H,5-6,8-11,17H2,1-3H3.